The second-order valence-electron chi connectivity index (χ2n) is 5.55. The van der Waals surface area contributed by atoms with Gasteiger partial charge in [-0.3, -0.25) is 9.59 Å². The molecule has 0 spiro atoms. The van der Waals surface area contributed by atoms with Crippen molar-refractivity contribution in [3.8, 4) is 0 Å². The van der Waals surface area contributed by atoms with Crippen molar-refractivity contribution in [2.75, 3.05) is 19.3 Å². The van der Waals surface area contributed by atoms with Crippen LogP contribution in [-0.4, -0.2) is 41.2 Å². The molecule has 1 fully saturated rings. The molecule has 1 atom stereocenters. The predicted octanol–water partition coefficient (Wildman–Crippen LogP) is 2.87. The minimum Gasteiger partial charge on any atom is -0.481 e. The van der Waals surface area contributed by atoms with Crippen LogP contribution in [0.1, 0.15) is 30.1 Å². The van der Waals surface area contributed by atoms with Crippen molar-refractivity contribution in [2.45, 2.75) is 24.7 Å². The highest BCUT2D eigenvalue weighted by Gasteiger charge is 2.39. The molecule has 1 aliphatic heterocycles. The molecular weight excluding hydrogens is 293 g/mol. The molecular formula is C15H18FNO3S. The molecule has 0 saturated carbocycles. The molecule has 1 N–H and O–H groups in total. The Morgan fingerprint density at radius 3 is 2.76 bits per heavy atom. The largest absolute Gasteiger partial charge is 0.481 e. The first kappa shape index (κ1) is 15.8. The molecule has 114 valence electrons. The summed E-state index contributed by atoms with van der Waals surface area (Å²) in [6.07, 6.45) is 2.96. The van der Waals surface area contributed by atoms with E-state index in [1.165, 1.54) is 30.0 Å². The summed E-state index contributed by atoms with van der Waals surface area (Å²) in [6, 6.07) is 4.25. The lowest BCUT2D eigenvalue weighted by Crippen LogP contribution is -2.48. The smallest absolute Gasteiger partial charge is 0.311 e. The van der Waals surface area contributed by atoms with Crippen LogP contribution in [0.25, 0.3) is 0 Å². The van der Waals surface area contributed by atoms with Crippen LogP contribution in [0, 0.1) is 11.2 Å². The number of rotatable bonds is 3. The molecule has 0 radical (unpaired) electrons. The van der Waals surface area contributed by atoms with Gasteiger partial charge in [-0.05, 0) is 44.2 Å². The second kappa shape index (κ2) is 6.05. The highest BCUT2D eigenvalue weighted by molar-refractivity contribution is 7.98. The normalized spacial score (nSPS) is 22.1. The number of aliphatic carboxylic acids is 1. The zero-order valence-electron chi connectivity index (χ0n) is 12.1. The Labute approximate surface area is 127 Å². The van der Waals surface area contributed by atoms with E-state index < -0.39 is 11.4 Å². The Balaban J connectivity index is 2.22. The topological polar surface area (TPSA) is 57.6 Å². The molecule has 2 rings (SSSR count). The predicted molar refractivity (Wildman–Crippen MR) is 79.1 cm³/mol. The molecule has 21 heavy (non-hydrogen) atoms. The summed E-state index contributed by atoms with van der Waals surface area (Å²) in [5.74, 6) is -1.48. The van der Waals surface area contributed by atoms with Gasteiger partial charge in [0.2, 0.25) is 0 Å². The summed E-state index contributed by atoms with van der Waals surface area (Å²) in [7, 11) is 0. The molecule has 1 unspecified atom stereocenters. The maximum absolute atomic E-state index is 13.5. The summed E-state index contributed by atoms with van der Waals surface area (Å²) < 4.78 is 13.5. The Morgan fingerprint density at radius 2 is 2.14 bits per heavy atom. The summed E-state index contributed by atoms with van der Waals surface area (Å²) >= 11 is 1.24. The van der Waals surface area contributed by atoms with E-state index in [2.05, 4.69) is 0 Å². The summed E-state index contributed by atoms with van der Waals surface area (Å²) in [5.41, 5.74) is -0.508. The van der Waals surface area contributed by atoms with Gasteiger partial charge < -0.3 is 10.0 Å². The van der Waals surface area contributed by atoms with Crippen molar-refractivity contribution in [3.05, 3.63) is 29.6 Å². The zero-order chi connectivity index (χ0) is 15.6. The molecule has 1 aromatic rings. The second-order valence-corrected chi connectivity index (χ2v) is 6.39. The lowest BCUT2D eigenvalue weighted by Gasteiger charge is -2.37. The van der Waals surface area contributed by atoms with Gasteiger partial charge in [-0.15, -0.1) is 11.8 Å². The van der Waals surface area contributed by atoms with Crippen LogP contribution in [0.15, 0.2) is 23.1 Å². The first-order valence-electron chi connectivity index (χ1n) is 6.73. The number of thioether (sulfide) groups is 1. The maximum Gasteiger partial charge on any atom is 0.311 e. The number of carbonyl (C=O) groups is 2. The van der Waals surface area contributed by atoms with Gasteiger partial charge in [-0.1, -0.05) is 0 Å². The quantitative estimate of drug-likeness (QED) is 0.872. The lowest BCUT2D eigenvalue weighted by atomic mass is 9.82. The van der Waals surface area contributed by atoms with E-state index >= 15 is 0 Å². The van der Waals surface area contributed by atoms with Crippen LogP contribution in [-0.2, 0) is 4.79 Å². The average Bonchev–Trinajstić information content (AvgIpc) is 2.47. The third kappa shape index (κ3) is 3.20. The van der Waals surface area contributed by atoms with Gasteiger partial charge in [0.1, 0.15) is 5.82 Å². The van der Waals surface area contributed by atoms with Gasteiger partial charge in [0.05, 0.1) is 5.41 Å². The third-order valence-corrected chi connectivity index (χ3v) is 4.65. The number of halogens is 1. The van der Waals surface area contributed by atoms with Gasteiger partial charge in [-0.25, -0.2) is 4.39 Å². The van der Waals surface area contributed by atoms with Gasteiger partial charge in [-0.2, -0.15) is 0 Å². The van der Waals surface area contributed by atoms with Crippen molar-refractivity contribution >= 4 is 23.6 Å². The standard InChI is InChI=1S/C15H18FNO3S/c1-15(14(19)20)6-3-7-17(9-15)13(18)10-4-5-11(16)12(8-10)21-2/h4-5,8H,3,6-7,9H2,1-2H3,(H,19,20). The van der Waals surface area contributed by atoms with Crippen LogP contribution in [0.4, 0.5) is 4.39 Å². The molecule has 1 aliphatic rings. The number of hydrogen-bond acceptors (Lipinski definition) is 3. The van der Waals surface area contributed by atoms with E-state index in [9.17, 15) is 19.1 Å². The highest BCUT2D eigenvalue weighted by Crippen LogP contribution is 2.31. The minimum atomic E-state index is -0.906. The van der Waals surface area contributed by atoms with E-state index in [0.29, 0.717) is 29.8 Å². The van der Waals surface area contributed by atoms with Crippen molar-refractivity contribution < 1.29 is 19.1 Å². The molecule has 6 heteroatoms. The van der Waals surface area contributed by atoms with Crippen molar-refractivity contribution in [2.24, 2.45) is 5.41 Å². The fraction of sp³-hybridized carbons (Fsp3) is 0.467. The van der Waals surface area contributed by atoms with Crippen molar-refractivity contribution in [1.29, 1.82) is 0 Å². The minimum absolute atomic E-state index is 0.188. The number of benzene rings is 1. The molecule has 1 amide bonds. The van der Waals surface area contributed by atoms with Gasteiger partial charge in [0, 0.05) is 23.5 Å². The van der Waals surface area contributed by atoms with Crippen LogP contribution >= 0.6 is 11.8 Å². The van der Waals surface area contributed by atoms with E-state index in [1.54, 1.807) is 18.1 Å². The highest BCUT2D eigenvalue weighted by atomic mass is 32.2. The average molecular weight is 311 g/mol. The molecule has 0 aromatic heterocycles. The fourth-order valence-corrected chi connectivity index (χ4v) is 3.07. The first-order chi connectivity index (χ1) is 9.87. The maximum atomic E-state index is 13.5. The molecule has 1 saturated heterocycles. The summed E-state index contributed by atoms with van der Waals surface area (Å²) in [5, 5.41) is 9.30. The number of carboxylic acids is 1. The van der Waals surface area contributed by atoms with Crippen molar-refractivity contribution in [3.63, 3.8) is 0 Å². The van der Waals surface area contributed by atoms with Crippen LogP contribution < -0.4 is 0 Å². The number of nitrogens with zero attached hydrogens (tertiary/aromatic N) is 1. The van der Waals surface area contributed by atoms with E-state index in [0.717, 1.165) is 0 Å². The van der Waals surface area contributed by atoms with Gasteiger partial charge in [0.25, 0.3) is 5.91 Å². The zero-order valence-corrected chi connectivity index (χ0v) is 12.9. The number of piperidine rings is 1. The fourth-order valence-electron chi connectivity index (χ4n) is 2.56. The van der Waals surface area contributed by atoms with Crippen LogP contribution in [0.2, 0.25) is 0 Å². The number of carbonyl (C=O) groups excluding carboxylic acids is 1. The molecule has 1 heterocycles. The SMILES string of the molecule is CSc1cc(C(=O)N2CCCC(C)(C(=O)O)C2)ccc1F. The molecule has 0 bridgehead atoms. The third-order valence-electron chi connectivity index (χ3n) is 3.90. The molecule has 4 nitrogen and oxygen atoms in total. The van der Waals surface area contributed by atoms with Gasteiger partial charge in [0.15, 0.2) is 0 Å². The van der Waals surface area contributed by atoms with Crippen LogP contribution in [0.3, 0.4) is 0 Å². The van der Waals surface area contributed by atoms with Crippen molar-refractivity contribution in [1.82, 2.24) is 4.90 Å². The summed E-state index contributed by atoms with van der Waals surface area (Å²) in [6.45, 7) is 2.38. The molecule has 1 aromatic carbocycles. The Bertz CT molecular complexity index is 578. The Hall–Kier alpha value is -1.56. The number of hydrogen-bond donors (Lipinski definition) is 1. The molecule has 0 aliphatic carbocycles. The van der Waals surface area contributed by atoms with Gasteiger partial charge >= 0.3 is 5.97 Å². The number of likely N-dealkylation sites (tertiary alicyclic amines) is 1. The van der Waals surface area contributed by atoms with E-state index in [1.807, 2.05) is 0 Å². The van der Waals surface area contributed by atoms with E-state index in [4.69, 9.17) is 0 Å². The van der Waals surface area contributed by atoms with Crippen LogP contribution in [0.5, 0.6) is 0 Å². The Morgan fingerprint density at radius 1 is 1.43 bits per heavy atom. The first-order valence-corrected chi connectivity index (χ1v) is 7.96. The van der Waals surface area contributed by atoms with E-state index in [-0.39, 0.29) is 18.3 Å². The Kier molecular flexibility index (Phi) is 4.56. The summed E-state index contributed by atoms with van der Waals surface area (Å²) in [4.78, 5) is 25.8. The number of amides is 1. The lowest BCUT2D eigenvalue weighted by molar-refractivity contribution is -0.150. The number of carboxylic acid groups (broad SMARTS) is 1. The monoisotopic (exact) mass is 311 g/mol.